The molecule has 0 bridgehead atoms. The van der Waals surface area contributed by atoms with Gasteiger partial charge in [-0.2, -0.15) is 4.98 Å². The Bertz CT molecular complexity index is 522. The summed E-state index contributed by atoms with van der Waals surface area (Å²) in [7, 11) is 0. The highest BCUT2D eigenvalue weighted by Crippen LogP contribution is 2.18. The van der Waals surface area contributed by atoms with Crippen LogP contribution >= 0.6 is 0 Å². The Labute approximate surface area is 119 Å². The van der Waals surface area contributed by atoms with E-state index in [-0.39, 0.29) is 6.04 Å². The second-order valence-electron chi connectivity index (χ2n) is 4.76. The van der Waals surface area contributed by atoms with Gasteiger partial charge in [0.05, 0.1) is 13.2 Å². The molecule has 0 saturated heterocycles. The van der Waals surface area contributed by atoms with Crippen molar-refractivity contribution in [1.29, 1.82) is 0 Å². The maximum Gasteiger partial charge on any atom is 0.240 e. The molecule has 20 heavy (non-hydrogen) atoms. The number of nitrogens with zero attached hydrogens (tertiary/aromatic N) is 2. The molecule has 1 unspecified atom stereocenters. The van der Waals surface area contributed by atoms with Gasteiger partial charge < -0.3 is 14.6 Å². The first kappa shape index (κ1) is 14.5. The third-order valence-electron chi connectivity index (χ3n) is 2.98. The van der Waals surface area contributed by atoms with Crippen LogP contribution in [0.25, 0.3) is 0 Å². The largest absolute Gasteiger partial charge is 0.494 e. The summed E-state index contributed by atoms with van der Waals surface area (Å²) < 4.78 is 10.6. The van der Waals surface area contributed by atoms with Crippen molar-refractivity contribution in [1.82, 2.24) is 15.5 Å². The van der Waals surface area contributed by atoms with E-state index in [0.29, 0.717) is 18.3 Å². The lowest BCUT2D eigenvalue weighted by Crippen LogP contribution is -2.18. The van der Waals surface area contributed by atoms with Crippen molar-refractivity contribution in [3.8, 4) is 5.75 Å². The fraction of sp³-hybridized carbons (Fsp3) is 0.467. The molecule has 0 fully saturated rings. The van der Waals surface area contributed by atoms with Crippen LogP contribution in [0, 0.1) is 6.92 Å². The first-order valence-electron chi connectivity index (χ1n) is 6.94. The molecule has 108 valence electrons. The Kier molecular flexibility index (Phi) is 5.12. The van der Waals surface area contributed by atoms with E-state index in [0.717, 1.165) is 18.8 Å². The summed E-state index contributed by atoms with van der Waals surface area (Å²) in [4.78, 5) is 4.16. The first-order chi connectivity index (χ1) is 9.69. The second-order valence-corrected chi connectivity index (χ2v) is 4.76. The highest BCUT2D eigenvalue weighted by molar-refractivity contribution is 5.28. The van der Waals surface area contributed by atoms with Crippen molar-refractivity contribution in [2.45, 2.75) is 39.8 Å². The molecule has 5 heteroatoms. The molecule has 1 N–H and O–H groups in total. The number of aryl methyl sites for hydroxylation is 1. The SMILES string of the molecule is CCCOc1ccc(C(C)NCc2nc(C)no2)cc1. The van der Waals surface area contributed by atoms with Gasteiger partial charge in [0.15, 0.2) is 5.82 Å². The summed E-state index contributed by atoms with van der Waals surface area (Å²) >= 11 is 0. The lowest BCUT2D eigenvalue weighted by atomic mass is 10.1. The van der Waals surface area contributed by atoms with Gasteiger partial charge in [-0.05, 0) is 38.0 Å². The zero-order valence-corrected chi connectivity index (χ0v) is 12.2. The summed E-state index contributed by atoms with van der Waals surface area (Å²) in [5.41, 5.74) is 1.20. The van der Waals surface area contributed by atoms with Crippen molar-refractivity contribution in [2.75, 3.05) is 6.61 Å². The fourth-order valence-corrected chi connectivity index (χ4v) is 1.84. The smallest absolute Gasteiger partial charge is 0.240 e. The van der Waals surface area contributed by atoms with Crippen LogP contribution in [0.3, 0.4) is 0 Å². The molecule has 1 aromatic heterocycles. The molecule has 0 radical (unpaired) electrons. The fourth-order valence-electron chi connectivity index (χ4n) is 1.84. The molecule has 0 spiro atoms. The van der Waals surface area contributed by atoms with Gasteiger partial charge in [0, 0.05) is 6.04 Å². The molecule has 0 aliphatic heterocycles. The molecular formula is C15H21N3O2. The van der Waals surface area contributed by atoms with Crippen molar-refractivity contribution >= 4 is 0 Å². The number of hydrogen-bond donors (Lipinski definition) is 1. The lowest BCUT2D eigenvalue weighted by molar-refractivity contribution is 0.317. The highest BCUT2D eigenvalue weighted by atomic mass is 16.5. The van der Waals surface area contributed by atoms with Gasteiger partial charge >= 0.3 is 0 Å². The number of rotatable bonds is 7. The molecule has 0 aliphatic carbocycles. The van der Waals surface area contributed by atoms with Crippen molar-refractivity contribution < 1.29 is 9.26 Å². The minimum absolute atomic E-state index is 0.211. The van der Waals surface area contributed by atoms with Gasteiger partial charge in [-0.1, -0.05) is 24.2 Å². The third-order valence-corrected chi connectivity index (χ3v) is 2.98. The quantitative estimate of drug-likeness (QED) is 0.841. The van der Waals surface area contributed by atoms with E-state index >= 15 is 0 Å². The van der Waals surface area contributed by atoms with Gasteiger partial charge in [-0.3, -0.25) is 0 Å². The minimum Gasteiger partial charge on any atom is -0.494 e. The number of hydrogen-bond acceptors (Lipinski definition) is 5. The third kappa shape index (κ3) is 4.06. The molecule has 2 aromatic rings. The van der Waals surface area contributed by atoms with E-state index in [1.165, 1.54) is 5.56 Å². The normalized spacial score (nSPS) is 12.3. The Hall–Kier alpha value is -1.88. The van der Waals surface area contributed by atoms with Gasteiger partial charge in [0.2, 0.25) is 5.89 Å². The molecule has 1 aromatic carbocycles. The average molecular weight is 275 g/mol. The van der Waals surface area contributed by atoms with Crippen LogP contribution in [0.15, 0.2) is 28.8 Å². The predicted molar refractivity (Wildman–Crippen MR) is 76.5 cm³/mol. The van der Waals surface area contributed by atoms with Crippen LogP contribution in [-0.4, -0.2) is 16.7 Å². The van der Waals surface area contributed by atoms with Crippen LogP contribution < -0.4 is 10.1 Å². The Morgan fingerprint density at radius 3 is 2.65 bits per heavy atom. The molecular weight excluding hydrogens is 254 g/mol. The number of ether oxygens (including phenoxy) is 1. The van der Waals surface area contributed by atoms with E-state index in [9.17, 15) is 0 Å². The lowest BCUT2D eigenvalue weighted by Gasteiger charge is -2.13. The number of benzene rings is 1. The van der Waals surface area contributed by atoms with Crippen LogP contribution in [0.5, 0.6) is 5.75 Å². The zero-order chi connectivity index (χ0) is 14.4. The molecule has 0 aliphatic rings. The minimum atomic E-state index is 0.211. The standard InChI is InChI=1S/C15H21N3O2/c1-4-9-19-14-7-5-13(6-8-14)11(2)16-10-15-17-12(3)18-20-15/h5-8,11,16H,4,9-10H2,1-3H3. The molecule has 1 atom stereocenters. The molecule has 0 amide bonds. The van der Waals surface area contributed by atoms with Crippen LogP contribution in [0.1, 0.15) is 43.6 Å². The monoisotopic (exact) mass is 275 g/mol. The van der Waals surface area contributed by atoms with Gasteiger partial charge in [0.1, 0.15) is 5.75 Å². The topological polar surface area (TPSA) is 60.2 Å². The summed E-state index contributed by atoms with van der Waals surface area (Å²) in [6.07, 6.45) is 1.02. The van der Waals surface area contributed by atoms with E-state index in [1.54, 1.807) is 0 Å². The summed E-state index contributed by atoms with van der Waals surface area (Å²) in [5.74, 6) is 2.18. The zero-order valence-electron chi connectivity index (χ0n) is 12.2. The van der Waals surface area contributed by atoms with Crippen molar-refractivity contribution in [3.63, 3.8) is 0 Å². The summed E-state index contributed by atoms with van der Waals surface area (Å²) in [6, 6.07) is 8.35. The number of nitrogens with one attached hydrogen (secondary N) is 1. The Morgan fingerprint density at radius 1 is 1.30 bits per heavy atom. The van der Waals surface area contributed by atoms with E-state index < -0.39 is 0 Å². The maximum absolute atomic E-state index is 5.57. The van der Waals surface area contributed by atoms with E-state index in [1.807, 2.05) is 19.1 Å². The number of aromatic nitrogens is 2. The van der Waals surface area contributed by atoms with Crippen LogP contribution in [0.2, 0.25) is 0 Å². The Balaban J connectivity index is 1.86. The Morgan fingerprint density at radius 2 is 2.05 bits per heavy atom. The molecule has 1 heterocycles. The van der Waals surface area contributed by atoms with Gasteiger partial charge in [-0.15, -0.1) is 0 Å². The van der Waals surface area contributed by atoms with Crippen molar-refractivity contribution in [3.05, 3.63) is 41.5 Å². The molecule has 5 nitrogen and oxygen atoms in total. The second kappa shape index (κ2) is 7.05. The van der Waals surface area contributed by atoms with Gasteiger partial charge in [0.25, 0.3) is 0 Å². The highest BCUT2D eigenvalue weighted by Gasteiger charge is 2.08. The maximum atomic E-state index is 5.57. The van der Waals surface area contributed by atoms with Crippen LogP contribution in [0.4, 0.5) is 0 Å². The average Bonchev–Trinajstić information content (AvgIpc) is 2.89. The van der Waals surface area contributed by atoms with Crippen molar-refractivity contribution in [2.24, 2.45) is 0 Å². The van der Waals surface area contributed by atoms with E-state index in [2.05, 4.69) is 41.4 Å². The van der Waals surface area contributed by atoms with Crippen LogP contribution in [-0.2, 0) is 6.54 Å². The summed E-state index contributed by atoms with van der Waals surface area (Å²) in [5, 5.41) is 7.12. The first-order valence-corrected chi connectivity index (χ1v) is 6.94. The molecule has 2 rings (SSSR count). The molecule has 0 saturated carbocycles. The summed E-state index contributed by atoms with van der Waals surface area (Å²) in [6.45, 7) is 7.33. The van der Waals surface area contributed by atoms with E-state index in [4.69, 9.17) is 9.26 Å². The predicted octanol–water partition coefficient (Wildman–Crippen LogP) is 3.02. The van der Waals surface area contributed by atoms with Gasteiger partial charge in [-0.25, -0.2) is 0 Å².